The van der Waals surface area contributed by atoms with Crippen molar-refractivity contribution in [2.24, 2.45) is 5.16 Å². The number of rotatable bonds is 4. The Morgan fingerprint density at radius 3 is 3.00 bits per heavy atom. The van der Waals surface area contributed by atoms with E-state index in [-0.39, 0.29) is 17.0 Å². The summed E-state index contributed by atoms with van der Waals surface area (Å²) in [4.78, 5) is 15.0. The molecule has 0 amide bonds. The van der Waals surface area contributed by atoms with Gasteiger partial charge in [-0.25, -0.2) is 9.48 Å². The van der Waals surface area contributed by atoms with Crippen LogP contribution in [0.1, 0.15) is 0 Å². The lowest BCUT2D eigenvalue weighted by Gasteiger charge is -1.99. The molecule has 0 spiro atoms. The van der Waals surface area contributed by atoms with Crippen LogP contribution in [0.2, 0.25) is 0 Å². The second-order valence-corrected chi connectivity index (χ2v) is 2.56. The summed E-state index contributed by atoms with van der Waals surface area (Å²) in [6.07, 6.45) is 0. The molecule has 0 aliphatic rings. The Morgan fingerprint density at radius 1 is 1.86 bits per heavy atom. The number of oxime groups is 1. The fraction of sp³-hybridized carbons (Fsp3) is 0.400. The molecule has 0 saturated heterocycles. The van der Waals surface area contributed by atoms with Gasteiger partial charge in [0.15, 0.2) is 5.71 Å². The first kappa shape index (κ1) is 10.3. The molecule has 76 valence electrons. The smallest absolute Gasteiger partial charge is 0.355 e. The number of aromatic nitrogens is 4. The molecule has 0 aliphatic heterocycles. The Bertz CT molecular complexity index is 407. The highest BCUT2D eigenvalue weighted by Gasteiger charge is 2.12. The van der Waals surface area contributed by atoms with Crippen LogP contribution < -0.4 is 0 Å². The van der Waals surface area contributed by atoms with Crippen LogP contribution in [0.5, 0.6) is 0 Å². The molecule has 1 aromatic heterocycles. The van der Waals surface area contributed by atoms with Gasteiger partial charge in [0, 0.05) is 0 Å². The molecule has 9 heteroatoms. The third-order valence-electron chi connectivity index (χ3n) is 1.29. The number of carboxylic acids is 1. The van der Waals surface area contributed by atoms with E-state index in [4.69, 9.17) is 17.3 Å². The number of hydrogen-bond acceptors (Lipinski definition) is 6. The van der Waals surface area contributed by atoms with Gasteiger partial charge in [-0.05, 0) is 12.2 Å². The highest BCUT2D eigenvalue weighted by Crippen LogP contribution is 1.89. The zero-order valence-electron chi connectivity index (χ0n) is 7.17. The predicted octanol–water partition coefficient (Wildman–Crippen LogP) is -0.577. The molecule has 1 aromatic rings. The Kier molecular flexibility index (Phi) is 3.29. The zero-order valence-corrected chi connectivity index (χ0v) is 7.98. The summed E-state index contributed by atoms with van der Waals surface area (Å²) in [6, 6.07) is 0. The van der Waals surface area contributed by atoms with Gasteiger partial charge in [-0.1, -0.05) is 15.5 Å². The van der Waals surface area contributed by atoms with Gasteiger partial charge in [-0.3, -0.25) is 0 Å². The van der Waals surface area contributed by atoms with E-state index in [0.717, 1.165) is 0 Å². The van der Waals surface area contributed by atoms with Crippen LogP contribution in [-0.2, 0) is 16.2 Å². The van der Waals surface area contributed by atoms with Gasteiger partial charge in [0.05, 0.1) is 6.54 Å². The van der Waals surface area contributed by atoms with Crippen molar-refractivity contribution in [3.05, 3.63) is 4.77 Å². The van der Waals surface area contributed by atoms with Gasteiger partial charge >= 0.3 is 5.97 Å². The topological polar surface area (TPSA) is 105 Å². The summed E-state index contributed by atoms with van der Waals surface area (Å²) >= 11 is 4.74. The van der Waals surface area contributed by atoms with Crippen molar-refractivity contribution < 1.29 is 14.7 Å². The summed E-state index contributed by atoms with van der Waals surface area (Å²) in [6.45, 7) is -0.0744. The van der Waals surface area contributed by atoms with Gasteiger partial charge in [-0.2, -0.15) is 5.21 Å². The van der Waals surface area contributed by atoms with Crippen LogP contribution in [0, 0.1) is 4.77 Å². The maximum atomic E-state index is 10.6. The molecule has 0 radical (unpaired) electrons. The predicted molar refractivity (Wildman–Crippen MR) is 47.3 cm³/mol. The van der Waals surface area contributed by atoms with Crippen molar-refractivity contribution in [2.75, 3.05) is 7.11 Å². The standard InChI is InChI=1S/C5H7N5O3S/c1-13-7-3(4(11)12)2-10-5(14)6-8-9-10/h2H2,1H3,(H,11,12)(H,6,9,14)/b7-3+. The summed E-state index contributed by atoms with van der Waals surface area (Å²) < 4.78 is 1.40. The maximum absolute atomic E-state index is 10.6. The average Bonchev–Trinajstić information content (AvgIpc) is 2.51. The van der Waals surface area contributed by atoms with Crippen LogP contribution >= 0.6 is 12.2 Å². The summed E-state index contributed by atoms with van der Waals surface area (Å²) in [5.74, 6) is -1.19. The Hall–Kier alpha value is -1.77. The Morgan fingerprint density at radius 2 is 2.57 bits per heavy atom. The highest BCUT2D eigenvalue weighted by atomic mass is 32.1. The fourth-order valence-corrected chi connectivity index (χ4v) is 0.861. The largest absolute Gasteiger partial charge is 0.477 e. The van der Waals surface area contributed by atoms with Crippen molar-refractivity contribution >= 4 is 23.9 Å². The minimum absolute atomic E-state index is 0.0744. The Labute approximate surface area is 83.2 Å². The number of hydrogen-bond donors (Lipinski definition) is 2. The fourth-order valence-electron chi connectivity index (χ4n) is 0.714. The zero-order chi connectivity index (χ0) is 10.6. The summed E-state index contributed by atoms with van der Waals surface area (Å²) in [5.41, 5.74) is -0.199. The van der Waals surface area contributed by atoms with Crippen molar-refractivity contribution in [3.8, 4) is 0 Å². The lowest BCUT2D eigenvalue weighted by Crippen LogP contribution is -2.21. The number of tetrazole rings is 1. The first-order valence-electron chi connectivity index (χ1n) is 3.46. The SMILES string of the molecule is CO/N=C(\Cn1[nH]nnc1=S)C(=O)O. The van der Waals surface area contributed by atoms with Gasteiger partial charge in [0.25, 0.3) is 0 Å². The average molecular weight is 217 g/mol. The lowest BCUT2D eigenvalue weighted by molar-refractivity contribution is -0.129. The molecule has 1 heterocycles. The molecular weight excluding hydrogens is 210 g/mol. The van der Waals surface area contributed by atoms with Crippen LogP contribution in [0.3, 0.4) is 0 Å². The first-order chi connectivity index (χ1) is 6.65. The van der Waals surface area contributed by atoms with Gasteiger partial charge in [0.2, 0.25) is 4.77 Å². The molecular formula is C5H7N5O3S. The monoisotopic (exact) mass is 217 g/mol. The van der Waals surface area contributed by atoms with Gasteiger partial charge in [-0.15, -0.1) is 0 Å². The van der Waals surface area contributed by atoms with Crippen LogP contribution in [0.4, 0.5) is 0 Å². The third kappa shape index (κ3) is 2.36. The highest BCUT2D eigenvalue weighted by molar-refractivity contribution is 7.71. The van der Waals surface area contributed by atoms with Gasteiger partial charge < -0.3 is 9.94 Å². The van der Waals surface area contributed by atoms with Crippen molar-refractivity contribution in [2.45, 2.75) is 6.54 Å². The van der Waals surface area contributed by atoms with Crippen molar-refractivity contribution in [1.82, 2.24) is 20.2 Å². The molecule has 0 saturated carbocycles. The Balaban J connectivity index is 2.86. The van der Waals surface area contributed by atoms with Crippen molar-refractivity contribution in [3.63, 3.8) is 0 Å². The molecule has 14 heavy (non-hydrogen) atoms. The molecule has 2 N–H and O–H groups in total. The molecule has 0 atom stereocenters. The number of carbonyl (C=O) groups is 1. The number of aliphatic carboxylic acids is 1. The van der Waals surface area contributed by atoms with Gasteiger partial charge in [0.1, 0.15) is 7.11 Å². The van der Waals surface area contributed by atoms with E-state index in [9.17, 15) is 4.79 Å². The summed E-state index contributed by atoms with van der Waals surface area (Å²) in [7, 11) is 1.26. The minimum Gasteiger partial charge on any atom is -0.477 e. The number of H-pyrrole nitrogens is 1. The first-order valence-corrected chi connectivity index (χ1v) is 3.87. The number of nitrogens with zero attached hydrogens (tertiary/aromatic N) is 4. The van der Waals surface area contributed by atoms with E-state index in [2.05, 4.69) is 25.5 Å². The number of nitrogens with one attached hydrogen (secondary N) is 1. The molecule has 0 aliphatic carbocycles. The van der Waals surface area contributed by atoms with Crippen molar-refractivity contribution in [1.29, 1.82) is 0 Å². The molecule has 8 nitrogen and oxygen atoms in total. The number of aromatic amines is 1. The normalized spacial score (nSPS) is 11.4. The third-order valence-corrected chi connectivity index (χ3v) is 1.59. The number of carboxylic acid groups (broad SMARTS) is 1. The second kappa shape index (κ2) is 4.46. The minimum atomic E-state index is -1.19. The van der Waals surface area contributed by atoms with E-state index in [1.807, 2.05) is 0 Å². The van der Waals surface area contributed by atoms with E-state index in [1.54, 1.807) is 0 Å². The molecule has 0 aromatic carbocycles. The van der Waals surface area contributed by atoms with Crippen LogP contribution in [0.25, 0.3) is 0 Å². The second-order valence-electron chi connectivity index (χ2n) is 2.19. The van der Waals surface area contributed by atoms with Crippen LogP contribution in [-0.4, -0.2) is 44.1 Å². The maximum Gasteiger partial charge on any atom is 0.355 e. The van der Waals surface area contributed by atoms with E-state index in [1.165, 1.54) is 11.8 Å². The summed E-state index contributed by atoms with van der Waals surface area (Å²) in [5, 5.41) is 21.3. The molecule has 0 bridgehead atoms. The van der Waals surface area contributed by atoms with E-state index in [0.29, 0.717) is 0 Å². The quantitative estimate of drug-likeness (QED) is 0.397. The van der Waals surface area contributed by atoms with E-state index >= 15 is 0 Å². The lowest BCUT2D eigenvalue weighted by atomic mass is 10.4. The van der Waals surface area contributed by atoms with E-state index < -0.39 is 5.97 Å². The molecule has 0 unspecified atom stereocenters. The molecule has 1 rings (SSSR count). The van der Waals surface area contributed by atoms with Crippen LogP contribution in [0.15, 0.2) is 5.16 Å². The molecule has 0 fully saturated rings.